The molecule has 2 aromatic rings. The molecule has 0 N–H and O–H groups in total. The highest BCUT2D eigenvalue weighted by atomic mass is 16.7. The molecule has 2 aromatic carbocycles. The minimum absolute atomic E-state index is 0.131. The van der Waals surface area contributed by atoms with Crippen molar-refractivity contribution >= 4 is 5.69 Å². The smallest absolute Gasteiger partial charge is 0.118 e. The minimum Gasteiger partial charge on any atom is -0.497 e. The second-order valence-corrected chi connectivity index (χ2v) is 4.59. The van der Waals surface area contributed by atoms with Gasteiger partial charge in [0.05, 0.1) is 12.8 Å². The fourth-order valence-corrected chi connectivity index (χ4v) is 2.32. The Hall–Kier alpha value is -2.00. The van der Waals surface area contributed by atoms with Crippen molar-refractivity contribution in [3.63, 3.8) is 0 Å². The highest BCUT2D eigenvalue weighted by Gasteiger charge is 2.25. The lowest BCUT2D eigenvalue weighted by Gasteiger charge is -2.18. The maximum absolute atomic E-state index is 6.00. The minimum atomic E-state index is 0.131. The molecule has 3 rings (SSSR count). The van der Waals surface area contributed by atoms with Gasteiger partial charge in [-0.15, -0.1) is 0 Å². The van der Waals surface area contributed by atoms with E-state index in [4.69, 9.17) is 9.57 Å². The molecule has 1 atom stereocenters. The van der Waals surface area contributed by atoms with Crippen LogP contribution in [0.25, 0.3) is 0 Å². The largest absolute Gasteiger partial charge is 0.497 e. The quantitative estimate of drug-likeness (QED) is 0.836. The first-order valence-corrected chi connectivity index (χ1v) is 6.50. The highest BCUT2D eigenvalue weighted by molar-refractivity contribution is 5.44. The zero-order chi connectivity index (χ0) is 13.1. The van der Waals surface area contributed by atoms with Crippen molar-refractivity contribution in [1.29, 1.82) is 0 Å². The summed E-state index contributed by atoms with van der Waals surface area (Å²) in [6.45, 7) is 0.917. The van der Waals surface area contributed by atoms with Crippen LogP contribution in [0.1, 0.15) is 18.1 Å². The number of para-hydroxylation sites is 1. The summed E-state index contributed by atoms with van der Waals surface area (Å²) in [5.41, 5.74) is 2.30. The lowest BCUT2D eigenvalue weighted by molar-refractivity contribution is 0.0878. The number of ether oxygens (including phenoxy) is 1. The first-order chi connectivity index (χ1) is 9.36. The van der Waals surface area contributed by atoms with E-state index in [9.17, 15) is 0 Å². The van der Waals surface area contributed by atoms with Gasteiger partial charge in [-0.1, -0.05) is 30.3 Å². The summed E-state index contributed by atoms with van der Waals surface area (Å²) >= 11 is 0. The molecule has 1 heterocycles. The van der Waals surface area contributed by atoms with Gasteiger partial charge in [-0.2, -0.15) is 0 Å². The van der Waals surface area contributed by atoms with Gasteiger partial charge in [0.15, 0.2) is 0 Å². The van der Waals surface area contributed by atoms with E-state index in [1.807, 2.05) is 35.4 Å². The first kappa shape index (κ1) is 12.1. The van der Waals surface area contributed by atoms with Crippen molar-refractivity contribution in [3.8, 4) is 5.75 Å². The Morgan fingerprint density at radius 2 is 1.79 bits per heavy atom. The van der Waals surface area contributed by atoms with Crippen LogP contribution in [-0.4, -0.2) is 13.7 Å². The third-order valence-electron chi connectivity index (χ3n) is 3.38. The first-order valence-electron chi connectivity index (χ1n) is 6.50. The van der Waals surface area contributed by atoms with Gasteiger partial charge in [-0.3, -0.25) is 9.90 Å². The van der Waals surface area contributed by atoms with E-state index < -0.39 is 0 Å². The third-order valence-corrected chi connectivity index (χ3v) is 3.38. The van der Waals surface area contributed by atoms with E-state index in [0.29, 0.717) is 0 Å². The highest BCUT2D eigenvalue weighted by Crippen LogP contribution is 2.32. The molecule has 0 amide bonds. The molecule has 1 aliphatic rings. The molecule has 1 fully saturated rings. The number of rotatable bonds is 3. The standard InChI is InChI=1S/C16H17NO2/c1-18-15-9-7-13(8-10-15)16-11-12-17(19-16)14-5-3-2-4-6-14/h2-10,16H,11-12H2,1H3. The van der Waals surface area contributed by atoms with Crippen molar-refractivity contribution in [1.82, 2.24) is 0 Å². The van der Waals surface area contributed by atoms with Gasteiger partial charge >= 0.3 is 0 Å². The second kappa shape index (κ2) is 5.33. The van der Waals surface area contributed by atoms with Gasteiger partial charge in [-0.25, -0.2) is 0 Å². The maximum Gasteiger partial charge on any atom is 0.118 e. The SMILES string of the molecule is COc1ccc(C2CCN(c3ccccc3)O2)cc1. The number of hydrogen-bond acceptors (Lipinski definition) is 3. The third kappa shape index (κ3) is 2.56. The van der Waals surface area contributed by atoms with E-state index >= 15 is 0 Å². The summed E-state index contributed by atoms with van der Waals surface area (Å²) in [7, 11) is 1.68. The monoisotopic (exact) mass is 255 g/mol. The van der Waals surface area contributed by atoms with E-state index in [0.717, 1.165) is 24.4 Å². The van der Waals surface area contributed by atoms with Crippen molar-refractivity contribution in [2.75, 3.05) is 18.7 Å². The van der Waals surface area contributed by atoms with Gasteiger partial charge in [-0.05, 0) is 29.8 Å². The summed E-state index contributed by atoms with van der Waals surface area (Å²) in [6.07, 6.45) is 1.13. The van der Waals surface area contributed by atoms with E-state index in [-0.39, 0.29) is 6.10 Å². The van der Waals surface area contributed by atoms with Crippen molar-refractivity contribution in [2.45, 2.75) is 12.5 Å². The van der Waals surface area contributed by atoms with Crippen LogP contribution in [0.3, 0.4) is 0 Å². The van der Waals surface area contributed by atoms with Gasteiger partial charge in [0, 0.05) is 13.0 Å². The molecule has 0 bridgehead atoms. The Morgan fingerprint density at radius 1 is 1.05 bits per heavy atom. The molecule has 3 nitrogen and oxygen atoms in total. The number of anilines is 1. The molecule has 1 aliphatic heterocycles. The Labute approximate surface area is 113 Å². The van der Waals surface area contributed by atoms with Crippen molar-refractivity contribution in [3.05, 3.63) is 60.2 Å². The molecule has 1 saturated heterocycles. The van der Waals surface area contributed by atoms with Crippen LogP contribution in [-0.2, 0) is 4.84 Å². The molecule has 0 spiro atoms. The number of benzene rings is 2. The van der Waals surface area contributed by atoms with Crippen molar-refractivity contribution < 1.29 is 9.57 Å². The molecule has 3 heteroatoms. The van der Waals surface area contributed by atoms with E-state index in [2.05, 4.69) is 24.3 Å². The summed E-state index contributed by atoms with van der Waals surface area (Å²) in [5, 5.41) is 1.97. The van der Waals surface area contributed by atoms with Crippen LogP contribution >= 0.6 is 0 Å². The second-order valence-electron chi connectivity index (χ2n) is 4.59. The maximum atomic E-state index is 6.00. The average molecular weight is 255 g/mol. The molecule has 19 heavy (non-hydrogen) atoms. The molecule has 0 saturated carbocycles. The normalized spacial score (nSPS) is 18.6. The zero-order valence-corrected chi connectivity index (χ0v) is 11.0. The Bertz CT molecular complexity index is 524. The number of nitrogens with zero attached hydrogens (tertiary/aromatic N) is 1. The average Bonchev–Trinajstić information content (AvgIpc) is 2.98. The molecule has 0 radical (unpaired) electrons. The van der Waals surface area contributed by atoms with Crippen LogP contribution in [0.5, 0.6) is 5.75 Å². The number of methoxy groups -OCH3 is 1. The van der Waals surface area contributed by atoms with Crippen LogP contribution in [0.15, 0.2) is 54.6 Å². The molecule has 1 unspecified atom stereocenters. The Morgan fingerprint density at radius 3 is 2.47 bits per heavy atom. The predicted molar refractivity (Wildman–Crippen MR) is 75.2 cm³/mol. The molecule has 98 valence electrons. The molecule has 0 aliphatic carbocycles. The van der Waals surface area contributed by atoms with Gasteiger partial charge in [0.2, 0.25) is 0 Å². The molecular weight excluding hydrogens is 238 g/mol. The van der Waals surface area contributed by atoms with Gasteiger partial charge in [0.25, 0.3) is 0 Å². The van der Waals surface area contributed by atoms with Crippen molar-refractivity contribution in [2.24, 2.45) is 0 Å². The van der Waals surface area contributed by atoms with Crippen LogP contribution in [0.4, 0.5) is 5.69 Å². The lowest BCUT2D eigenvalue weighted by atomic mass is 10.1. The lowest BCUT2D eigenvalue weighted by Crippen LogP contribution is -2.16. The van der Waals surface area contributed by atoms with Crippen LogP contribution in [0.2, 0.25) is 0 Å². The van der Waals surface area contributed by atoms with E-state index in [1.54, 1.807) is 7.11 Å². The van der Waals surface area contributed by atoms with Crippen LogP contribution < -0.4 is 9.80 Å². The fourth-order valence-electron chi connectivity index (χ4n) is 2.32. The fraction of sp³-hybridized carbons (Fsp3) is 0.250. The Kier molecular flexibility index (Phi) is 3.38. The Balaban J connectivity index is 1.71. The number of hydroxylamine groups is 1. The van der Waals surface area contributed by atoms with Gasteiger partial charge in [0.1, 0.15) is 11.9 Å². The summed E-state index contributed by atoms with van der Waals surface area (Å²) in [6, 6.07) is 18.3. The summed E-state index contributed by atoms with van der Waals surface area (Å²) in [4.78, 5) is 6.00. The van der Waals surface area contributed by atoms with Crippen LogP contribution in [0, 0.1) is 0 Å². The predicted octanol–water partition coefficient (Wildman–Crippen LogP) is 3.58. The van der Waals surface area contributed by atoms with Gasteiger partial charge < -0.3 is 4.74 Å². The summed E-state index contributed by atoms with van der Waals surface area (Å²) < 4.78 is 5.17. The zero-order valence-electron chi connectivity index (χ0n) is 11.0. The molecule has 0 aromatic heterocycles. The molecular formula is C16H17NO2. The summed E-state index contributed by atoms with van der Waals surface area (Å²) in [5.74, 6) is 0.877. The van der Waals surface area contributed by atoms with E-state index in [1.165, 1.54) is 5.56 Å². The topological polar surface area (TPSA) is 21.7 Å². The number of hydrogen-bond donors (Lipinski definition) is 0.